The summed E-state index contributed by atoms with van der Waals surface area (Å²) in [5.41, 5.74) is 8.02. The number of allylic oxidation sites excluding steroid dienone is 2. The summed E-state index contributed by atoms with van der Waals surface area (Å²) in [7, 11) is 0. The number of hydrogen-bond donors (Lipinski definition) is 2. The molecular weight excluding hydrogens is 186 g/mol. The van der Waals surface area contributed by atoms with E-state index in [4.69, 9.17) is 5.73 Å². The Morgan fingerprint density at radius 3 is 3.08 bits per heavy atom. The van der Waals surface area contributed by atoms with Crippen molar-refractivity contribution in [2.45, 2.75) is 19.3 Å². The molecule has 0 heterocycles. The van der Waals surface area contributed by atoms with Crippen LogP contribution in [-0.2, 0) is 0 Å². The fraction of sp³-hybridized carbons (Fsp3) is 0.500. The van der Waals surface area contributed by atoms with Crippen molar-refractivity contribution in [3.8, 4) is 0 Å². The van der Waals surface area contributed by atoms with Crippen LogP contribution in [0.1, 0.15) is 19.3 Å². The number of nitrogens with two attached hydrogens (primary N) is 1. The molecule has 0 bridgehead atoms. The van der Waals surface area contributed by atoms with Crippen LogP contribution < -0.4 is 11.2 Å². The Balaban J connectivity index is 2.59. The lowest BCUT2D eigenvalue weighted by molar-refractivity contribution is 0.249. The Bertz CT molecular complexity index is 260. The largest absolute Gasteiger partial charge is 0.350 e. The molecule has 0 spiro atoms. The number of rotatable bonds is 2. The Morgan fingerprint density at radius 1 is 1.69 bits per heavy atom. The van der Waals surface area contributed by atoms with Gasteiger partial charge < -0.3 is 5.73 Å². The summed E-state index contributed by atoms with van der Waals surface area (Å²) >= 11 is 1.72. The standard InChI is InChI=1S/C8H13N3OS/c1-13-7-4-2-3-6(5-7)10-11-8(9)12/h5H,2-4H2,1H3,(H3,9,11,12)/b10-6+. The number of primary amides is 1. The zero-order valence-corrected chi connectivity index (χ0v) is 8.36. The van der Waals surface area contributed by atoms with Crippen molar-refractivity contribution in [2.24, 2.45) is 10.8 Å². The second kappa shape index (κ2) is 4.91. The first-order valence-electron chi connectivity index (χ1n) is 4.09. The molecule has 2 amide bonds. The first-order chi connectivity index (χ1) is 6.22. The monoisotopic (exact) mass is 199 g/mol. The van der Waals surface area contributed by atoms with Crippen LogP contribution in [0.5, 0.6) is 0 Å². The van der Waals surface area contributed by atoms with Gasteiger partial charge in [0, 0.05) is 0 Å². The normalized spacial score (nSPS) is 19.8. The molecule has 0 fully saturated rings. The van der Waals surface area contributed by atoms with E-state index in [9.17, 15) is 4.79 Å². The number of hydrazone groups is 1. The van der Waals surface area contributed by atoms with Crippen LogP contribution in [-0.4, -0.2) is 18.0 Å². The van der Waals surface area contributed by atoms with Gasteiger partial charge in [0.2, 0.25) is 0 Å². The number of thioether (sulfide) groups is 1. The molecule has 5 heteroatoms. The average Bonchev–Trinajstić information content (AvgIpc) is 2.15. The molecule has 1 aliphatic rings. The van der Waals surface area contributed by atoms with Crippen molar-refractivity contribution < 1.29 is 4.79 Å². The Kier molecular flexibility index (Phi) is 3.82. The molecule has 0 aliphatic heterocycles. The molecule has 0 unspecified atom stereocenters. The Labute approximate surface area is 81.6 Å². The predicted molar refractivity (Wildman–Crippen MR) is 55.6 cm³/mol. The van der Waals surface area contributed by atoms with Crippen LogP contribution in [0.15, 0.2) is 16.1 Å². The zero-order chi connectivity index (χ0) is 9.68. The van der Waals surface area contributed by atoms with Gasteiger partial charge in [0.25, 0.3) is 0 Å². The lowest BCUT2D eigenvalue weighted by atomic mass is 10.1. The third kappa shape index (κ3) is 3.50. The highest BCUT2D eigenvalue weighted by atomic mass is 32.2. The molecule has 0 saturated carbocycles. The van der Waals surface area contributed by atoms with E-state index >= 15 is 0 Å². The predicted octanol–water partition coefficient (Wildman–Crippen LogP) is 1.44. The van der Waals surface area contributed by atoms with E-state index in [0.29, 0.717) is 0 Å². The van der Waals surface area contributed by atoms with Gasteiger partial charge in [-0.2, -0.15) is 5.10 Å². The third-order valence-corrected chi connectivity index (χ3v) is 2.60. The summed E-state index contributed by atoms with van der Waals surface area (Å²) in [5, 5.41) is 3.88. The van der Waals surface area contributed by atoms with Gasteiger partial charge in [0.1, 0.15) is 0 Å². The molecule has 0 radical (unpaired) electrons. The van der Waals surface area contributed by atoms with Crippen LogP contribution in [0.3, 0.4) is 0 Å². The van der Waals surface area contributed by atoms with Crippen molar-refractivity contribution in [1.29, 1.82) is 0 Å². The quantitative estimate of drug-likeness (QED) is 0.661. The summed E-state index contributed by atoms with van der Waals surface area (Å²) in [6, 6.07) is -0.614. The van der Waals surface area contributed by atoms with Gasteiger partial charge in [-0.1, -0.05) is 0 Å². The highest BCUT2D eigenvalue weighted by Gasteiger charge is 2.07. The van der Waals surface area contributed by atoms with Crippen LogP contribution >= 0.6 is 11.8 Å². The molecule has 13 heavy (non-hydrogen) atoms. The molecule has 4 nitrogen and oxygen atoms in total. The highest BCUT2D eigenvalue weighted by Crippen LogP contribution is 2.23. The summed E-state index contributed by atoms with van der Waals surface area (Å²) in [6.07, 6.45) is 7.15. The Morgan fingerprint density at radius 2 is 2.46 bits per heavy atom. The summed E-state index contributed by atoms with van der Waals surface area (Å²) in [6.45, 7) is 0. The van der Waals surface area contributed by atoms with Gasteiger partial charge in [-0.3, -0.25) is 0 Å². The van der Waals surface area contributed by atoms with Crippen molar-refractivity contribution in [3.63, 3.8) is 0 Å². The maximum atomic E-state index is 10.4. The van der Waals surface area contributed by atoms with E-state index in [1.165, 1.54) is 4.91 Å². The van der Waals surface area contributed by atoms with Crippen molar-refractivity contribution in [3.05, 3.63) is 11.0 Å². The van der Waals surface area contributed by atoms with E-state index in [0.717, 1.165) is 25.0 Å². The molecule has 0 aromatic rings. The van der Waals surface area contributed by atoms with E-state index in [-0.39, 0.29) is 0 Å². The van der Waals surface area contributed by atoms with E-state index in [2.05, 4.69) is 10.5 Å². The first kappa shape index (κ1) is 10.1. The minimum Gasteiger partial charge on any atom is -0.350 e. The average molecular weight is 199 g/mol. The molecular formula is C8H13N3OS. The number of nitrogens with zero attached hydrogens (tertiary/aromatic N) is 1. The lowest BCUT2D eigenvalue weighted by Crippen LogP contribution is -2.25. The molecule has 72 valence electrons. The van der Waals surface area contributed by atoms with E-state index in [1.54, 1.807) is 11.8 Å². The maximum absolute atomic E-state index is 10.4. The second-order valence-electron chi connectivity index (χ2n) is 2.75. The van der Waals surface area contributed by atoms with Crippen LogP contribution in [0, 0.1) is 0 Å². The lowest BCUT2D eigenvalue weighted by Gasteiger charge is -2.11. The number of amides is 2. The van der Waals surface area contributed by atoms with Crippen molar-refractivity contribution in [2.75, 3.05) is 6.26 Å². The van der Waals surface area contributed by atoms with Gasteiger partial charge in [0.05, 0.1) is 5.71 Å². The number of nitrogens with one attached hydrogen (secondary N) is 1. The number of urea groups is 1. The fourth-order valence-corrected chi connectivity index (χ4v) is 1.75. The number of hydrogen-bond acceptors (Lipinski definition) is 3. The van der Waals surface area contributed by atoms with Crippen molar-refractivity contribution >= 4 is 23.5 Å². The minimum atomic E-state index is -0.614. The van der Waals surface area contributed by atoms with Gasteiger partial charge in [-0.05, 0) is 36.5 Å². The van der Waals surface area contributed by atoms with Gasteiger partial charge in [-0.25, -0.2) is 10.2 Å². The first-order valence-corrected chi connectivity index (χ1v) is 5.31. The second-order valence-corrected chi connectivity index (χ2v) is 3.68. The molecule has 3 N–H and O–H groups in total. The van der Waals surface area contributed by atoms with Crippen LogP contribution in [0.4, 0.5) is 4.79 Å². The topological polar surface area (TPSA) is 67.5 Å². The van der Waals surface area contributed by atoms with E-state index in [1.807, 2.05) is 12.3 Å². The summed E-state index contributed by atoms with van der Waals surface area (Å²) in [4.78, 5) is 11.7. The third-order valence-electron chi connectivity index (χ3n) is 1.76. The molecule has 0 saturated heterocycles. The zero-order valence-electron chi connectivity index (χ0n) is 7.54. The van der Waals surface area contributed by atoms with Gasteiger partial charge in [-0.15, -0.1) is 11.8 Å². The molecule has 0 atom stereocenters. The molecule has 1 rings (SSSR count). The summed E-state index contributed by atoms with van der Waals surface area (Å²) in [5.74, 6) is 0. The SMILES string of the molecule is CSC1=C/C(=N/NC(N)=O)CCC1. The highest BCUT2D eigenvalue weighted by molar-refractivity contribution is 8.02. The van der Waals surface area contributed by atoms with Crippen molar-refractivity contribution in [1.82, 2.24) is 5.43 Å². The van der Waals surface area contributed by atoms with Gasteiger partial charge >= 0.3 is 6.03 Å². The number of carbonyl (C=O) groups is 1. The maximum Gasteiger partial charge on any atom is 0.332 e. The summed E-state index contributed by atoms with van der Waals surface area (Å²) < 4.78 is 0. The van der Waals surface area contributed by atoms with Crippen LogP contribution in [0.2, 0.25) is 0 Å². The van der Waals surface area contributed by atoms with E-state index < -0.39 is 6.03 Å². The Hall–Kier alpha value is -0.970. The molecule has 1 aliphatic carbocycles. The minimum absolute atomic E-state index is 0.614. The number of carbonyl (C=O) groups excluding carboxylic acids is 1. The molecule has 0 aromatic carbocycles. The van der Waals surface area contributed by atoms with Gasteiger partial charge in [0.15, 0.2) is 0 Å². The smallest absolute Gasteiger partial charge is 0.332 e. The van der Waals surface area contributed by atoms with Crippen LogP contribution in [0.25, 0.3) is 0 Å². The fourth-order valence-electron chi connectivity index (χ4n) is 1.15. The molecule has 0 aromatic heterocycles.